The van der Waals surface area contributed by atoms with Crippen LogP contribution in [0.5, 0.6) is 5.88 Å². The zero-order chi connectivity index (χ0) is 15.5. The van der Waals surface area contributed by atoms with E-state index < -0.39 is 0 Å². The molecular weight excluding hydrogens is 278 g/mol. The molecule has 0 saturated carbocycles. The lowest BCUT2D eigenvalue weighted by Crippen LogP contribution is -2.00. The molecule has 3 aromatic rings. The summed E-state index contributed by atoms with van der Waals surface area (Å²) in [4.78, 5) is 8.45. The molecule has 0 aliphatic rings. The maximum absolute atomic E-state index is 5.75. The quantitative estimate of drug-likeness (QED) is 0.798. The summed E-state index contributed by atoms with van der Waals surface area (Å²) in [6, 6.07) is 11.6. The molecule has 22 heavy (non-hydrogen) atoms. The van der Waals surface area contributed by atoms with Crippen LogP contribution in [0.15, 0.2) is 42.6 Å². The summed E-state index contributed by atoms with van der Waals surface area (Å²) in [5.74, 6) is 0.680. The van der Waals surface area contributed by atoms with Crippen LogP contribution in [0.4, 0.5) is 5.95 Å². The van der Waals surface area contributed by atoms with Gasteiger partial charge in [0.25, 0.3) is 0 Å². The molecule has 0 spiro atoms. The molecular formula is C16H15N5O. The number of ether oxygens (including phenoxy) is 1. The molecule has 1 aromatic carbocycles. The molecule has 0 bridgehead atoms. The van der Waals surface area contributed by atoms with E-state index in [0.717, 1.165) is 22.4 Å². The Kier molecular flexibility index (Phi) is 3.65. The number of methoxy groups -OCH3 is 1. The largest absolute Gasteiger partial charge is 0.480 e. The summed E-state index contributed by atoms with van der Waals surface area (Å²) in [6.07, 6.45) is 1.66. The molecule has 3 rings (SSSR count). The molecule has 0 unspecified atom stereocenters. The van der Waals surface area contributed by atoms with Gasteiger partial charge in [0.15, 0.2) is 0 Å². The van der Waals surface area contributed by atoms with Crippen molar-refractivity contribution in [1.82, 2.24) is 20.2 Å². The minimum Gasteiger partial charge on any atom is -0.480 e. The van der Waals surface area contributed by atoms with Crippen LogP contribution in [0.2, 0.25) is 0 Å². The van der Waals surface area contributed by atoms with Crippen molar-refractivity contribution in [2.24, 2.45) is 0 Å². The van der Waals surface area contributed by atoms with Crippen molar-refractivity contribution >= 4 is 5.95 Å². The number of rotatable bonds is 3. The third kappa shape index (κ3) is 2.71. The van der Waals surface area contributed by atoms with E-state index in [1.165, 1.54) is 0 Å². The second kappa shape index (κ2) is 5.77. The summed E-state index contributed by atoms with van der Waals surface area (Å²) < 4.78 is 5.03. The first-order chi connectivity index (χ1) is 10.7. The van der Waals surface area contributed by atoms with Crippen LogP contribution in [-0.2, 0) is 0 Å². The maximum Gasteiger partial charge on any atom is 0.233 e. The molecule has 2 N–H and O–H groups in total. The highest BCUT2D eigenvalue weighted by atomic mass is 16.5. The highest BCUT2D eigenvalue weighted by molar-refractivity contribution is 5.79. The average Bonchev–Trinajstić information content (AvgIpc) is 2.55. The lowest BCUT2D eigenvalue weighted by molar-refractivity contribution is 0.392. The fourth-order valence-corrected chi connectivity index (χ4v) is 2.17. The van der Waals surface area contributed by atoms with E-state index in [4.69, 9.17) is 10.5 Å². The van der Waals surface area contributed by atoms with Crippen LogP contribution in [-0.4, -0.2) is 27.3 Å². The van der Waals surface area contributed by atoms with Gasteiger partial charge in [0, 0.05) is 23.4 Å². The SMILES string of the molecule is COc1ccc(-c2cnc(N)nc2-c2cccc(C)c2)nn1. The van der Waals surface area contributed by atoms with Crippen molar-refractivity contribution in [2.75, 3.05) is 12.8 Å². The Morgan fingerprint density at radius 1 is 1.09 bits per heavy atom. The molecule has 2 aromatic heterocycles. The summed E-state index contributed by atoms with van der Waals surface area (Å²) in [7, 11) is 1.55. The first-order valence-electron chi connectivity index (χ1n) is 6.75. The number of nitrogens with two attached hydrogens (primary N) is 1. The lowest BCUT2D eigenvalue weighted by atomic mass is 10.0. The van der Waals surface area contributed by atoms with Gasteiger partial charge in [-0.15, -0.1) is 10.2 Å². The van der Waals surface area contributed by atoms with E-state index in [2.05, 4.69) is 20.2 Å². The zero-order valence-electron chi connectivity index (χ0n) is 12.3. The van der Waals surface area contributed by atoms with Gasteiger partial charge in [0.2, 0.25) is 11.8 Å². The Labute approximate surface area is 128 Å². The Hall–Kier alpha value is -3.02. The van der Waals surface area contributed by atoms with Gasteiger partial charge in [-0.1, -0.05) is 23.8 Å². The summed E-state index contributed by atoms with van der Waals surface area (Å²) in [6.45, 7) is 2.03. The Balaban J connectivity index is 2.15. The van der Waals surface area contributed by atoms with Gasteiger partial charge in [-0.05, 0) is 19.1 Å². The van der Waals surface area contributed by atoms with E-state index in [1.54, 1.807) is 19.4 Å². The number of hydrogen-bond acceptors (Lipinski definition) is 6. The number of benzene rings is 1. The van der Waals surface area contributed by atoms with Gasteiger partial charge in [0.1, 0.15) is 0 Å². The molecule has 0 atom stereocenters. The fourth-order valence-electron chi connectivity index (χ4n) is 2.17. The number of hydrogen-bond donors (Lipinski definition) is 1. The monoisotopic (exact) mass is 293 g/mol. The van der Waals surface area contributed by atoms with Gasteiger partial charge in [-0.3, -0.25) is 0 Å². The summed E-state index contributed by atoms with van der Waals surface area (Å²) in [5, 5.41) is 8.15. The van der Waals surface area contributed by atoms with Gasteiger partial charge < -0.3 is 10.5 Å². The van der Waals surface area contributed by atoms with Crippen molar-refractivity contribution in [1.29, 1.82) is 0 Å². The van der Waals surface area contributed by atoms with Crippen molar-refractivity contribution < 1.29 is 4.74 Å². The van der Waals surface area contributed by atoms with Crippen molar-refractivity contribution in [2.45, 2.75) is 6.92 Å². The van der Waals surface area contributed by atoms with Gasteiger partial charge in [-0.2, -0.15) is 0 Å². The number of anilines is 1. The van der Waals surface area contributed by atoms with E-state index in [-0.39, 0.29) is 5.95 Å². The molecule has 6 nitrogen and oxygen atoms in total. The summed E-state index contributed by atoms with van der Waals surface area (Å²) >= 11 is 0. The van der Waals surface area contributed by atoms with Gasteiger partial charge >= 0.3 is 0 Å². The first kappa shape index (κ1) is 13.9. The normalized spacial score (nSPS) is 10.5. The van der Waals surface area contributed by atoms with Crippen LogP contribution in [0.25, 0.3) is 22.5 Å². The zero-order valence-corrected chi connectivity index (χ0v) is 12.3. The highest BCUT2D eigenvalue weighted by Gasteiger charge is 2.12. The Bertz CT molecular complexity index is 802. The molecule has 6 heteroatoms. The number of aryl methyl sites for hydroxylation is 1. The van der Waals surface area contributed by atoms with Gasteiger partial charge in [-0.25, -0.2) is 9.97 Å². The third-order valence-corrected chi connectivity index (χ3v) is 3.22. The highest BCUT2D eigenvalue weighted by Crippen LogP contribution is 2.29. The van der Waals surface area contributed by atoms with Crippen LogP contribution < -0.4 is 10.5 Å². The predicted molar refractivity (Wildman–Crippen MR) is 84.2 cm³/mol. The topological polar surface area (TPSA) is 86.8 Å². The lowest BCUT2D eigenvalue weighted by Gasteiger charge is -2.09. The standard InChI is InChI=1S/C16H15N5O/c1-10-4-3-5-11(8-10)15-12(9-18-16(17)19-15)13-6-7-14(22-2)21-20-13/h3-9H,1-2H3,(H2,17,18,19). The van der Waals surface area contributed by atoms with E-state index >= 15 is 0 Å². The minimum absolute atomic E-state index is 0.224. The van der Waals surface area contributed by atoms with Crippen molar-refractivity contribution in [3.05, 3.63) is 48.2 Å². The van der Waals surface area contributed by atoms with Crippen LogP contribution in [0, 0.1) is 6.92 Å². The minimum atomic E-state index is 0.224. The fraction of sp³-hybridized carbons (Fsp3) is 0.125. The number of nitrogen functional groups attached to an aromatic ring is 1. The van der Waals surface area contributed by atoms with Gasteiger partial charge in [0.05, 0.1) is 18.5 Å². The third-order valence-electron chi connectivity index (χ3n) is 3.22. The molecule has 0 fully saturated rings. The Morgan fingerprint density at radius 2 is 1.95 bits per heavy atom. The first-order valence-corrected chi connectivity index (χ1v) is 6.75. The molecule has 0 amide bonds. The molecule has 0 saturated heterocycles. The maximum atomic E-state index is 5.75. The van der Waals surface area contributed by atoms with Crippen LogP contribution in [0.1, 0.15) is 5.56 Å². The van der Waals surface area contributed by atoms with Crippen molar-refractivity contribution in [3.8, 4) is 28.4 Å². The van der Waals surface area contributed by atoms with E-state index in [0.29, 0.717) is 11.6 Å². The Morgan fingerprint density at radius 3 is 2.64 bits per heavy atom. The summed E-state index contributed by atoms with van der Waals surface area (Å²) in [5.41, 5.74) is 10.0. The van der Waals surface area contributed by atoms with Crippen molar-refractivity contribution in [3.63, 3.8) is 0 Å². The number of nitrogens with zero attached hydrogens (tertiary/aromatic N) is 4. The average molecular weight is 293 g/mol. The second-order valence-corrected chi connectivity index (χ2v) is 4.82. The predicted octanol–water partition coefficient (Wildman–Crippen LogP) is 2.50. The van der Waals surface area contributed by atoms with Crippen LogP contribution >= 0.6 is 0 Å². The number of aromatic nitrogens is 4. The smallest absolute Gasteiger partial charge is 0.233 e. The molecule has 0 aliphatic heterocycles. The second-order valence-electron chi connectivity index (χ2n) is 4.82. The van der Waals surface area contributed by atoms with Crippen LogP contribution in [0.3, 0.4) is 0 Å². The molecule has 110 valence electrons. The molecule has 0 aliphatic carbocycles. The van der Waals surface area contributed by atoms with E-state index in [1.807, 2.05) is 37.3 Å². The van der Waals surface area contributed by atoms with E-state index in [9.17, 15) is 0 Å². The molecule has 0 radical (unpaired) electrons. The molecule has 2 heterocycles.